The summed E-state index contributed by atoms with van der Waals surface area (Å²) in [4.78, 5) is 119. The van der Waals surface area contributed by atoms with Crippen molar-refractivity contribution in [3.63, 3.8) is 0 Å². The van der Waals surface area contributed by atoms with Crippen molar-refractivity contribution in [2.75, 3.05) is 116 Å². The van der Waals surface area contributed by atoms with E-state index in [4.69, 9.17) is 65.6 Å². The second kappa shape index (κ2) is 41.0. The van der Waals surface area contributed by atoms with Crippen LogP contribution in [0.1, 0.15) is 217 Å². The third-order valence-corrected chi connectivity index (χ3v) is 33.1. The summed E-state index contributed by atoms with van der Waals surface area (Å²) in [7, 11) is 16.8. The highest BCUT2D eigenvalue weighted by molar-refractivity contribution is 5.94. The third-order valence-electron chi connectivity index (χ3n) is 33.1. The predicted molar refractivity (Wildman–Crippen MR) is 509 cm³/mol. The number of carbonyl (C=O) groups is 8. The number of unbranched alkanes of at least 4 members (excludes halogenated alkanes) is 3. The summed E-state index contributed by atoms with van der Waals surface area (Å²) in [5.74, 6) is 3.29. The number of carbonyl (C=O) groups excluding carboxylic acids is 8. The molecule has 3 unspecified atom stereocenters. The maximum Gasteiger partial charge on any atom is 0.336 e. The van der Waals surface area contributed by atoms with Crippen molar-refractivity contribution < 1.29 is 81.0 Å². The molecule has 13 aliphatic rings. The lowest BCUT2D eigenvalue weighted by atomic mass is 9.45. The summed E-state index contributed by atoms with van der Waals surface area (Å²) in [6, 6.07) is 9.96. The summed E-state index contributed by atoms with van der Waals surface area (Å²) in [6.07, 6.45) is 23.0. The van der Waals surface area contributed by atoms with Crippen LogP contribution in [0.15, 0.2) is 76.9 Å². The maximum atomic E-state index is 13.9. The van der Waals surface area contributed by atoms with Crippen LogP contribution >= 0.6 is 0 Å². The second-order valence-corrected chi connectivity index (χ2v) is 40.8. The van der Waals surface area contributed by atoms with Crippen molar-refractivity contribution in [1.29, 1.82) is 0 Å². The maximum absolute atomic E-state index is 13.9. The number of hydrogen-bond acceptors (Lipinski definition) is 26. The van der Waals surface area contributed by atoms with Gasteiger partial charge >= 0.3 is 17.9 Å². The first-order valence-electron chi connectivity index (χ1n) is 49.0. The predicted octanol–water partition coefficient (Wildman–Crippen LogP) is 6.66. The smallest absolute Gasteiger partial charge is 0.336 e. The molecule has 0 radical (unpaired) electrons. The number of benzene rings is 3. The number of methoxy groups -OCH3 is 3. The molecule has 7 heterocycles. The molecule has 3 aromatic carbocycles. The highest BCUT2D eigenvalue weighted by Crippen LogP contribution is 2.73. The number of aliphatic imine (C=N–C) groups is 1. The van der Waals surface area contributed by atoms with Gasteiger partial charge in [0.25, 0.3) is 0 Å². The van der Waals surface area contributed by atoms with E-state index in [0.717, 1.165) is 152 Å². The Labute approximate surface area is 790 Å². The van der Waals surface area contributed by atoms with Crippen molar-refractivity contribution in [1.82, 2.24) is 56.8 Å². The minimum Gasteiger partial charge on any atom is -0.493 e. The molecule has 33 nitrogen and oxygen atoms in total. The Kier molecular flexibility index (Phi) is 30.7. The molecule has 3 spiro atoms. The molecule has 4 saturated heterocycles. The number of nitrogens with zero attached hydrogens (tertiary/aromatic N) is 5. The summed E-state index contributed by atoms with van der Waals surface area (Å²) >= 11 is 0. The van der Waals surface area contributed by atoms with Gasteiger partial charge in [0.05, 0.1) is 61.6 Å². The normalized spacial score (nSPS) is 28.8. The molecule has 6 bridgehead atoms. The fourth-order valence-corrected chi connectivity index (χ4v) is 25.5. The molecular weight excluding hydrogens is 1710 g/mol. The molecule has 134 heavy (non-hydrogen) atoms. The van der Waals surface area contributed by atoms with Crippen LogP contribution in [0, 0.1) is 22.2 Å². The fraction of sp³-hybridized carbons (Fsp3) is 0.673. The number of likely N-dealkylation sites (N-methyl/N-ethyl adjacent to an activating group) is 6. The SMILES string of the molecule is CC[C@@H](CCCCNC(=O)[C@H](CCCCN)NC)C(=O)OC1=CC[C@@]2(C)[C@H]3Cc4ccc(OC)c5c4[C@@]2(CCN3C)[C@H]1O5.CN[C@@H](CCCCN)C(=O)NC(C)C(=O)N1CCCC1C(=O)OC1=CC[C@@]2(C)[C@H]3Cc4ccc(OC)c5c4[C@@]2(CCN3C)[C@H]1O5.CN[C@@H](CCCN=C(N)N)C(=O)NC(C)C(=O)NC(C)(C)C(=O)OC1=CC[C@@]2(C)[C@H]3Cc4ccc(OC)c5c4[C@@]2(CCN3C)[C@H]1O5. The van der Waals surface area contributed by atoms with Crippen molar-refractivity contribution in [3.05, 3.63) is 105 Å². The molecule has 33 heteroatoms. The Balaban J connectivity index is 0.000000161. The Hall–Kier alpha value is -9.61. The number of amides is 5. The summed E-state index contributed by atoms with van der Waals surface area (Å²) in [5, 5.41) is 20.5. The Morgan fingerprint density at radius 1 is 0.530 bits per heavy atom. The van der Waals surface area contributed by atoms with Crippen molar-refractivity contribution in [2.24, 2.45) is 50.1 Å². The van der Waals surface area contributed by atoms with Gasteiger partial charge in [0, 0.05) is 70.7 Å². The van der Waals surface area contributed by atoms with Gasteiger partial charge in [0.2, 0.25) is 29.5 Å². The molecule has 3 aromatic rings. The van der Waals surface area contributed by atoms with Gasteiger partial charge in [-0.05, 0) is 284 Å². The summed E-state index contributed by atoms with van der Waals surface area (Å²) in [6.45, 7) is 21.0. The zero-order valence-electron chi connectivity index (χ0n) is 82.1. The van der Waals surface area contributed by atoms with Crippen LogP contribution in [0.4, 0.5) is 0 Å². The van der Waals surface area contributed by atoms with Gasteiger partial charge in [0.1, 0.15) is 40.9 Å². The first kappa shape index (κ1) is 100. The molecule has 5 amide bonds. The third kappa shape index (κ3) is 17.8. The van der Waals surface area contributed by atoms with Crippen LogP contribution in [-0.4, -0.2) is 267 Å². The molecule has 4 fully saturated rings. The molecule has 0 saturated carbocycles. The van der Waals surface area contributed by atoms with Crippen LogP contribution in [0.25, 0.3) is 0 Å². The van der Waals surface area contributed by atoms with Crippen molar-refractivity contribution >= 4 is 53.4 Å². The zero-order chi connectivity index (χ0) is 96.5. The largest absolute Gasteiger partial charge is 0.493 e. The van der Waals surface area contributed by atoms with E-state index in [2.05, 4.69) is 123 Å². The average Bonchev–Trinajstić information content (AvgIpc) is 1.49. The topological polar surface area (TPSA) is 433 Å². The van der Waals surface area contributed by atoms with Gasteiger partial charge in [-0.15, -0.1) is 0 Å². The molecule has 15 N–H and O–H groups in total. The minimum atomic E-state index is -1.39. The number of rotatable bonds is 38. The zero-order valence-corrected chi connectivity index (χ0v) is 82.1. The number of ether oxygens (including phenoxy) is 9. The van der Waals surface area contributed by atoms with Crippen molar-refractivity contribution in [2.45, 2.75) is 298 Å². The molecule has 0 aromatic heterocycles. The van der Waals surface area contributed by atoms with E-state index in [-0.39, 0.29) is 86.1 Å². The van der Waals surface area contributed by atoms with E-state index in [1.165, 1.54) is 33.4 Å². The number of nitrogens with two attached hydrogens (primary N) is 4. The van der Waals surface area contributed by atoms with Gasteiger partial charge in [-0.3, -0.25) is 33.8 Å². The quantitative estimate of drug-likeness (QED) is 0.00939. The Bertz CT molecular complexity index is 5020. The highest BCUT2D eigenvalue weighted by Gasteiger charge is 2.74. The number of hydrogen-bond donors (Lipinski definition) is 11. The van der Waals surface area contributed by atoms with Crippen LogP contribution in [0.2, 0.25) is 0 Å². The Morgan fingerprint density at radius 3 is 1.36 bits per heavy atom. The van der Waals surface area contributed by atoms with Crippen LogP contribution in [-0.2, 0) is 88.1 Å². The number of guanidine groups is 1. The molecule has 6 aliphatic carbocycles. The van der Waals surface area contributed by atoms with Gasteiger partial charge in [0.15, 0.2) is 58.8 Å². The van der Waals surface area contributed by atoms with Crippen LogP contribution in [0.5, 0.6) is 34.5 Å². The van der Waals surface area contributed by atoms with E-state index in [1.807, 2.05) is 44.3 Å². The number of esters is 3. The highest BCUT2D eigenvalue weighted by atomic mass is 16.6. The van der Waals surface area contributed by atoms with Crippen molar-refractivity contribution in [3.8, 4) is 34.5 Å². The molecule has 7 aliphatic heterocycles. The van der Waals surface area contributed by atoms with E-state index < -0.39 is 65.8 Å². The first-order valence-corrected chi connectivity index (χ1v) is 49.0. The molecule has 16 rings (SSSR count). The van der Waals surface area contributed by atoms with Gasteiger partial charge < -0.3 is 122 Å². The number of piperidine rings is 3. The lowest BCUT2D eigenvalue weighted by Gasteiger charge is -2.63. The summed E-state index contributed by atoms with van der Waals surface area (Å²) in [5.41, 5.74) is 26.8. The number of nitrogens with one attached hydrogen (secondary N) is 7. The average molecular weight is 1860 g/mol. The number of likely N-dealkylation sites (tertiary alicyclic amines) is 4. The molecular formula is C101H150N16O17. The lowest BCUT2D eigenvalue weighted by Crippen LogP contribution is -2.69. The lowest BCUT2D eigenvalue weighted by molar-refractivity contribution is -0.154. The number of allylic oxidation sites excluding steroid dienone is 3. The molecule has 19 atom stereocenters. The summed E-state index contributed by atoms with van der Waals surface area (Å²) < 4.78 is 56.2. The Morgan fingerprint density at radius 2 is 0.940 bits per heavy atom. The van der Waals surface area contributed by atoms with E-state index in [9.17, 15) is 38.4 Å². The van der Waals surface area contributed by atoms with Crippen LogP contribution in [0.3, 0.4) is 0 Å². The van der Waals surface area contributed by atoms with Gasteiger partial charge in [-0.25, -0.2) is 9.59 Å². The van der Waals surface area contributed by atoms with E-state index >= 15 is 0 Å². The van der Waals surface area contributed by atoms with E-state index in [0.29, 0.717) is 118 Å². The van der Waals surface area contributed by atoms with Gasteiger partial charge in [-0.2, -0.15) is 0 Å². The second-order valence-electron chi connectivity index (χ2n) is 40.8. The first-order chi connectivity index (χ1) is 64.0. The monoisotopic (exact) mass is 1860 g/mol. The van der Waals surface area contributed by atoms with E-state index in [1.54, 1.807) is 68.0 Å². The van der Waals surface area contributed by atoms with Gasteiger partial charge in [-0.1, -0.05) is 65.2 Å². The fourth-order valence-electron chi connectivity index (χ4n) is 25.5. The molecule has 736 valence electrons. The minimum absolute atomic E-state index is 0.00508. The standard InChI is InChI=1S/C34H49N5O6.C34H52N4O5.C33H49N7O6/c1-20(37-30(40)22(36-3)9-6-7-16-35)31(41)39-17-8-10-23(39)32(42)44-25-13-14-33(2)26-19-21-11-12-24(43-5)28-27(21)34(33,29(25)45-28)15-18-38(26)4;1-6-22(11-8-10-19-37-31(39)24(36-3)12-7-9-18-35)32(40)42-26-15-16-33(2)27-21-23-13-14-25(41-5)29-28(23)34(33,30(26)43-29)17-20-38(27)4;1-18(38-28(42)20(36-5)9-8-15-37-30(34)35)27(41)39-31(2,3)29(43)45-22-12-13-32(4)23-17-19-10-11-21(44-7)25-24(19)33(32,26(22)46-25)14-16-40(23)6/h11-13,20,22-23,26,29,36H,6-10,14-19,35H2,1-5H3,(H,37,40);13-15,22,24,27,30,36H,6-12,16-21,35H2,1-5H3,(H,37,39);10-12,18,20,23,26,36H,8-9,13-17H2,1-7H3,(H,38,42)(H,39,41)(H4,34,35,37)/t20?,22-,23?,26+,29-,33-,34-;22-,24-,27+,30-,33-,34-;18?,20-,23+,26-,32-,33-/m000/s1. The van der Waals surface area contributed by atoms with Crippen LogP contribution < -0.4 is 88.6 Å².